The number of ether oxygens (including phenoxy) is 1. The van der Waals surface area contributed by atoms with Gasteiger partial charge >= 0.3 is 0 Å². The predicted molar refractivity (Wildman–Crippen MR) is 85.1 cm³/mol. The lowest BCUT2D eigenvalue weighted by molar-refractivity contribution is 0.0279. The van der Waals surface area contributed by atoms with E-state index in [-0.39, 0.29) is 5.54 Å². The molecule has 1 unspecified atom stereocenters. The van der Waals surface area contributed by atoms with Crippen LogP contribution in [0, 0.1) is 0 Å². The monoisotopic (exact) mass is 287 g/mol. The molecular weight excluding hydrogens is 266 g/mol. The lowest BCUT2D eigenvalue weighted by Crippen LogP contribution is -2.48. The Morgan fingerprint density at radius 2 is 2.05 bits per heavy atom. The van der Waals surface area contributed by atoms with Gasteiger partial charge in [0.05, 0.1) is 6.61 Å². The fraction of sp³-hybridized carbons (Fsp3) is 0.412. The van der Waals surface area contributed by atoms with Gasteiger partial charge in [-0.05, 0) is 37.5 Å². The lowest BCUT2D eigenvalue weighted by Gasteiger charge is -2.34. The van der Waals surface area contributed by atoms with Crippen molar-refractivity contribution >= 4 is 11.3 Å². The van der Waals surface area contributed by atoms with Crippen LogP contribution in [0.1, 0.15) is 24.6 Å². The quantitative estimate of drug-likeness (QED) is 0.915. The predicted octanol–water partition coefficient (Wildman–Crippen LogP) is 4.07. The molecule has 1 aliphatic rings. The summed E-state index contributed by atoms with van der Waals surface area (Å²) < 4.78 is 5.59. The highest BCUT2D eigenvalue weighted by Crippen LogP contribution is 2.28. The molecule has 0 bridgehead atoms. The fourth-order valence-corrected chi connectivity index (χ4v) is 3.56. The Kier molecular flexibility index (Phi) is 4.20. The van der Waals surface area contributed by atoms with E-state index in [4.69, 9.17) is 4.74 Å². The van der Waals surface area contributed by atoms with Gasteiger partial charge in [-0.15, -0.1) is 11.3 Å². The molecule has 1 aromatic carbocycles. The molecular formula is C17H21NOS. The first-order valence-corrected chi connectivity index (χ1v) is 8.04. The minimum absolute atomic E-state index is 0.134. The average molecular weight is 287 g/mol. The van der Waals surface area contributed by atoms with Crippen molar-refractivity contribution in [3.8, 4) is 10.4 Å². The normalized spacial score (nSPS) is 22.9. The van der Waals surface area contributed by atoms with Gasteiger partial charge in [0.25, 0.3) is 0 Å². The highest BCUT2D eigenvalue weighted by atomic mass is 32.1. The van der Waals surface area contributed by atoms with E-state index >= 15 is 0 Å². The second-order valence-corrected chi connectivity index (χ2v) is 6.87. The standard InChI is InChI=1S/C17H21NOS/c1-17(10-5-11-19-13-17)18-12-15-8-9-16(20-15)14-6-3-2-4-7-14/h2-4,6-9,18H,5,10-13H2,1H3. The smallest absolute Gasteiger partial charge is 0.0645 e. The minimum atomic E-state index is 0.134. The maximum atomic E-state index is 5.59. The van der Waals surface area contributed by atoms with Crippen LogP contribution in [0.4, 0.5) is 0 Å². The highest BCUT2D eigenvalue weighted by Gasteiger charge is 2.26. The first-order valence-electron chi connectivity index (χ1n) is 7.22. The van der Waals surface area contributed by atoms with E-state index in [1.54, 1.807) is 0 Å². The van der Waals surface area contributed by atoms with Crippen LogP contribution >= 0.6 is 11.3 Å². The second-order valence-electron chi connectivity index (χ2n) is 5.70. The SMILES string of the molecule is CC1(NCc2ccc(-c3ccccc3)s2)CCCOC1. The third-order valence-corrected chi connectivity index (χ3v) is 4.98. The Morgan fingerprint density at radius 3 is 2.80 bits per heavy atom. The molecule has 2 heterocycles. The zero-order chi connectivity index (χ0) is 13.8. The van der Waals surface area contributed by atoms with E-state index < -0.39 is 0 Å². The molecule has 1 fully saturated rings. The van der Waals surface area contributed by atoms with E-state index in [2.05, 4.69) is 54.7 Å². The molecule has 2 nitrogen and oxygen atoms in total. The Bertz CT molecular complexity index is 543. The van der Waals surface area contributed by atoms with Crippen molar-refractivity contribution in [3.63, 3.8) is 0 Å². The zero-order valence-electron chi connectivity index (χ0n) is 11.9. The molecule has 20 heavy (non-hydrogen) atoms. The van der Waals surface area contributed by atoms with Gasteiger partial charge in [0.1, 0.15) is 0 Å². The third kappa shape index (κ3) is 3.29. The van der Waals surface area contributed by atoms with Crippen LogP contribution in [0.2, 0.25) is 0 Å². The molecule has 0 amide bonds. The Labute approximate surface area is 124 Å². The highest BCUT2D eigenvalue weighted by molar-refractivity contribution is 7.15. The van der Waals surface area contributed by atoms with E-state index in [1.807, 2.05) is 11.3 Å². The molecule has 0 radical (unpaired) electrons. The number of benzene rings is 1. The van der Waals surface area contributed by atoms with Crippen LogP contribution in [0.25, 0.3) is 10.4 Å². The Balaban J connectivity index is 1.63. The number of nitrogens with one attached hydrogen (secondary N) is 1. The topological polar surface area (TPSA) is 21.3 Å². The van der Waals surface area contributed by atoms with E-state index in [9.17, 15) is 0 Å². The van der Waals surface area contributed by atoms with Gasteiger partial charge in [-0.25, -0.2) is 0 Å². The molecule has 1 aliphatic heterocycles. The van der Waals surface area contributed by atoms with Crippen LogP contribution in [-0.2, 0) is 11.3 Å². The van der Waals surface area contributed by atoms with Crippen LogP contribution in [0.3, 0.4) is 0 Å². The van der Waals surface area contributed by atoms with E-state index in [0.717, 1.165) is 26.2 Å². The summed E-state index contributed by atoms with van der Waals surface area (Å²) in [6.45, 7) is 4.92. The van der Waals surface area contributed by atoms with Gasteiger partial charge in [0.2, 0.25) is 0 Å². The van der Waals surface area contributed by atoms with Gasteiger partial charge in [-0.1, -0.05) is 30.3 Å². The fourth-order valence-electron chi connectivity index (χ4n) is 2.60. The van der Waals surface area contributed by atoms with Gasteiger partial charge in [-0.2, -0.15) is 0 Å². The Morgan fingerprint density at radius 1 is 1.20 bits per heavy atom. The molecule has 3 heteroatoms. The van der Waals surface area contributed by atoms with Crippen LogP contribution in [0.15, 0.2) is 42.5 Å². The Hall–Kier alpha value is -1.16. The summed E-state index contributed by atoms with van der Waals surface area (Å²) in [4.78, 5) is 2.73. The van der Waals surface area contributed by atoms with Gasteiger partial charge in [0, 0.05) is 28.4 Å². The first-order chi connectivity index (χ1) is 9.75. The van der Waals surface area contributed by atoms with E-state index in [0.29, 0.717) is 0 Å². The average Bonchev–Trinajstić information content (AvgIpc) is 2.96. The summed E-state index contributed by atoms with van der Waals surface area (Å²) in [5.41, 5.74) is 1.44. The van der Waals surface area contributed by atoms with E-state index in [1.165, 1.54) is 21.7 Å². The second kappa shape index (κ2) is 6.08. The molecule has 0 saturated carbocycles. The van der Waals surface area contributed by atoms with Crippen LogP contribution < -0.4 is 5.32 Å². The van der Waals surface area contributed by atoms with Crippen LogP contribution in [0.5, 0.6) is 0 Å². The van der Waals surface area contributed by atoms with Gasteiger partial charge in [-0.3, -0.25) is 0 Å². The van der Waals surface area contributed by atoms with Crippen molar-refractivity contribution in [2.45, 2.75) is 31.8 Å². The first kappa shape index (κ1) is 13.8. The maximum Gasteiger partial charge on any atom is 0.0645 e. The summed E-state index contributed by atoms with van der Waals surface area (Å²) in [5.74, 6) is 0. The summed E-state index contributed by atoms with van der Waals surface area (Å²) in [7, 11) is 0. The summed E-state index contributed by atoms with van der Waals surface area (Å²) in [6, 6.07) is 15.0. The van der Waals surface area contributed by atoms with Crippen LogP contribution in [-0.4, -0.2) is 18.8 Å². The van der Waals surface area contributed by atoms with Crippen molar-refractivity contribution in [1.82, 2.24) is 5.32 Å². The molecule has 1 atom stereocenters. The zero-order valence-corrected chi connectivity index (χ0v) is 12.7. The van der Waals surface area contributed by atoms with Crippen molar-refractivity contribution in [1.29, 1.82) is 0 Å². The molecule has 1 saturated heterocycles. The summed E-state index contributed by atoms with van der Waals surface area (Å²) in [5, 5.41) is 3.66. The molecule has 0 aliphatic carbocycles. The summed E-state index contributed by atoms with van der Waals surface area (Å²) >= 11 is 1.87. The number of hydrogen-bond donors (Lipinski definition) is 1. The number of thiophene rings is 1. The summed E-state index contributed by atoms with van der Waals surface area (Å²) in [6.07, 6.45) is 2.35. The molecule has 3 rings (SSSR count). The van der Waals surface area contributed by atoms with Gasteiger partial charge < -0.3 is 10.1 Å². The maximum absolute atomic E-state index is 5.59. The third-order valence-electron chi connectivity index (χ3n) is 3.85. The van der Waals surface area contributed by atoms with Crippen molar-refractivity contribution in [2.24, 2.45) is 0 Å². The molecule has 106 valence electrons. The minimum Gasteiger partial charge on any atom is -0.380 e. The number of rotatable bonds is 4. The van der Waals surface area contributed by atoms with Crippen molar-refractivity contribution < 1.29 is 4.74 Å². The van der Waals surface area contributed by atoms with Crippen molar-refractivity contribution in [3.05, 3.63) is 47.3 Å². The van der Waals surface area contributed by atoms with Gasteiger partial charge in [0.15, 0.2) is 0 Å². The molecule has 0 spiro atoms. The molecule has 1 N–H and O–H groups in total. The van der Waals surface area contributed by atoms with Crippen molar-refractivity contribution in [2.75, 3.05) is 13.2 Å². The lowest BCUT2D eigenvalue weighted by atomic mass is 9.95. The molecule has 2 aromatic rings. The largest absolute Gasteiger partial charge is 0.380 e. The molecule has 1 aromatic heterocycles. The number of hydrogen-bond acceptors (Lipinski definition) is 3.